The van der Waals surface area contributed by atoms with E-state index in [-0.39, 0.29) is 0 Å². The Balaban J connectivity index is 2.89. The molecule has 1 aromatic rings. The fourth-order valence-corrected chi connectivity index (χ4v) is 2.28. The van der Waals surface area contributed by atoms with Crippen LogP contribution in [0.4, 0.5) is 5.69 Å². The van der Waals surface area contributed by atoms with Crippen molar-refractivity contribution in [3.8, 4) is 0 Å². The van der Waals surface area contributed by atoms with Crippen molar-refractivity contribution in [2.45, 2.75) is 46.3 Å². The van der Waals surface area contributed by atoms with Crippen LogP contribution in [0.15, 0.2) is 22.7 Å². The van der Waals surface area contributed by atoms with Crippen molar-refractivity contribution in [2.24, 2.45) is 0 Å². The van der Waals surface area contributed by atoms with Crippen LogP contribution >= 0.6 is 15.9 Å². The molecule has 0 heterocycles. The number of benzene rings is 1. The smallest absolute Gasteiger partial charge is 0.0360 e. The molecule has 90 valence electrons. The molecule has 16 heavy (non-hydrogen) atoms. The average Bonchev–Trinajstić information content (AvgIpc) is 2.18. The Morgan fingerprint density at radius 3 is 2.25 bits per heavy atom. The SMILES string of the molecule is CC(C)N(Cc1cc(Br)ccc1N)C(C)C. The second-order valence-electron chi connectivity index (χ2n) is 4.70. The molecule has 2 N–H and O–H groups in total. The van der Waals surface area contributed by atoms with Gasteiger partial charge in [0.25, 0.3) is 0 Å². The molecule has 0 atom stereocenters. The highest BCUT2D eigenvalue weighted by atomic mass is 79.9. The number of hydrogen-bond acceptors (Lipinski definition) is 2. The minimum atomic E-state index is 0.526. The summed E-state index contributed by atoms with van der Waals surface area (Å²) in [4.78, 5) is 2.43. The third-order valence-corrected chi connectivity index (χ3v) is 3.28. The van der Waals surface area contributed by atoms with Gasteiger partial charge in [0.05, 0.1) is 0 Å². The molecule has 0 aliphatic rings. The summed E-state index contributed by atoms with van der Waals surface area (Å²) in [7, 11) is 0. The maximum atomic E-state index is 5.99. The first-order chi connectivity index (χ1) is 7.41. The Bertz CT molecular complexity index is 340. The lowest BCUT2D eigenvalue weighted by molar-refractivity contribution is 0.166. The highest BCUT2D eigenvalue weighted by molar-refractivity contribution is 9.10. The van der Waals surface area contributed by atoms with Crippen molar-refractivity contribution in [1.82, 2.24) is 4.90 Å². The Labute approximate surface area is 107 Å². The molecule has 2 nitrogen and oxygen atoms in total. The van der Waals surface area contributed by atoms with Gasteiger partial charge in [0.2, 0.25) is 0 Å². The summed E-state index contributed by atoms with van der Waals surface area (Å²) >= 11 is 3.49. The summed E-state index contributed by atoms with van der Waals surface area (Å²) < 4.78 is 1.09. The molecule has 0 saturated carbocycles. The maximum absolute atomic E-state index is 5.99. The van der Waals surface area contributed by atoms with Gasteiger partial charge in [-0.3, -0.25) is 4.90 Å². The zero-order valence-electron chi connectivity index (χ0n) is 10.5. The molecule has 1 rings (SSSR count). The van der Waals surface area contributed by atoms with Crippen LogP contribution in [0.25, 0.3) is 0 Å². The molecule has 3 heteroatoms. The standard InChI is InChI=1S/C13H21BrN2/c1-9(2)16(10(3)4)8-11-7-12(14)5-6-13(11)15/h5-7,9-10H,8,15H2,1-4H3. The molecular formula is C13H21BrN2. The molecule has 0 spiro atoms. The van der Waals surface area contributed by atoms with Gasteiger partial charge in [-0.05, 0) is 51.5 Å². The van der Waals surface area contributed by atoms with Gasteiger partial charge in [-0.1, -0.05) is 15.9 Å². The van der Waals surface area contributed by atoms with Crippen LogP contribution in [0, 0.1) is 0 Å². The Kier molecular flexibility index (Phi) is 4.81. The van der Waals surface area contributed by atoms with Gasteiger partial charge >= 0.3 is 0 Å². The predicted octanol–water partition coefficient (Wildman–Crippen LogP) is 3.65. The van der Waals surface area contributed by atoms with Crippen LogP contribution in [0.3, 0.4) is 0 Å². The molecule has 0 aromatic heterocycles. The second kappa shape index (κ2) is 5.69. The van der Waals surface area contributed by atoms with Crippen LogP contribution in [0.2, 0.25) is 0 Å². The highest BCUT2D eigenvalue weighted by Crippen LogP contribution is 2.21. The molecule has 0 amide bonds. The monoisotopic (exact) mass is 284 g/mol. The second-order valence-corrected chi connectivity index (χ2v) is 5.62. The van der Waals surface area contributed by atoms with Crippen molar-refractivity contribution in [2.75, 3.05) is 5.73 Å². The molecule has 1 aromatic carbocycles. The molecule has 0 saturated heterocycles. The predicted molar refractivity (Wildman–Crippen MR) is 74.4 cm³/mol. The van der Waals surface area contributed by atoms with E-state index < -0.39 is 0 Å². The van der Waals surface area contributed by atoms with Gasteiger partial charge in [0, 0.05) is 28.8 Å². The lowest BCUT2D eigenvalue weighted by atomic mass is 10.1. The fourth-order valence-electron chi connectivity index (χ4n) is 1.87. The van der Waals surface area contributed by atoms with Crippen LogP contribution in [0.1, 0.15) is 33.3 Å². The van der Waals surface area contributed by atoms with Crippen LogP contribution in [0.5, 0.6) is 0 Å². The van der Waals surface area contributed by atoms with E-state index in [0.717, 1.165) is 16.7 Å². The van der Waals surface area contributed by atoms with E-state index in [2.05, 4.69) is 54.6 Å². The molecule has 0 bridgehead atoms. The molecule has 0 fully saturated rings. The van der Waals surface area contributed by atoms with Crippen molar-refractivity contribution in [3.63, 3.8) is 0 Å². The van der Waals surface area contributed by atoms with Gasteiger partial charge in [0.15, 0.2) is 0 Å². The Hall–Kier alpha value is -0.540. The molecule has 0 aliphatic heterocycles. The fraction of sp³-hybridized carbons (Fsp3) is 0.538. The van der Waals surface area contributed by atoms with E-state index in [1.165, 1.54) is 5.56 Å². The van der Waals surface area contributed by atoms with Gasteiger partial charge in [-0.25, -0.2) is 0 Å². The summed E-state index contributed by atoms with van der Waals surface area (Å²) in [6.07, 6.45) is 0. The van der Waals surface area contributed by atoms with Gasteiger partial charge in [-0.2, -0.15) is 0 Å². The Morgan fingerprint density at radius 2 is 1.75 bits per heavy atom. The third kappa shape index (κ3) is 3.49. The van der Waals surface area contributed by atoms with E-state index in [1.54, 1.807) is 0 Å². The quantitative estimate of drug-likeness (QED) is 0.856. The van der Waals surface area contributed by atoms with Gasteiger partial charge < -0.3 is 5.73 Å². The van der Waals surface area contributed by atoms with E-state index in [9.17, 15) is 0 Å². The highest BCUT2D eigenvalue weighted by Gasteiger charge is 2.14. The van der Waals surface area contributed by atoms with Crippen molar-refractivity contribution in [1.29, 1.82) is 0 Å². The lowest BCUT2D eigenvalue weighted by Crippen LogP contribution is -2.36. The lowest BCUT2D eigenvalue weighted by Gasteiger charge is -2.31. The van der Waals surface area contributed by atoms with E-state index in [1.807, 2.05) is 12.1 Å². The summed E-state index contributed by atoms with van der Waals surface area (Å²) in [6, 6.07) is 7.09. The number of nitrogens with two attached hydrogens (primary N) is 1. The summed E-state index contributed by atoms with van der Waals surface area (Å²) in [6.45, 7) is 9.77. The summed E-state index contributed by atoms with van der Waals surface area (Å²) in [5.74, 6) is 0. The van der Waals surface area contributed by atoms with Crippen molar-refractivity contribution in [3.05, 3.63) is 28.2 Å². The van der Waals surface area contributed by atoms with Crippen molar-refractivity contribution >= 4 is 21.6 Å². The van der Waals surface area contributed by atoms with Crippen LogP contribution in [-0.2, 0) is 6.54 Å². The summed E-state index contributed by atoms with van der Waals surface area (Å²) in [5.41, 5.74) is 8.05. The molecule has 0 radical (unpaired) electrons. The first-order valence-corrected chi connectivity index (χ1v) is 6.50. The Morgan fingerprint density at radius 1 is 1.19 bits per heavy atom. The maximum Gasteiger partial charge on any atom is 0.0360 e. The summed E-state index contributed by atoms with van der Waals surface area (Å²) in [5, 5.41) is 0. The first-order valence-electron chi connectivity index (χ1n) is 5.71. The zero-order valence-corrected chi connectivity index (χ0v) is 12.1. The van der Waals surface area contributed by atoms with Crippen LogP contribution < -0.4 is 5.73 Å². The third-order valence-electron chi connectivity index (χ3n) is 2.78. The number of nitrogens with zero attached hydrogens (tertiary/aromatic N) is 1. The minimum Gasteiger partial charge on any atom is -0.398 e. The van der Waals surface area contributed by atoms with Gasteiger partial charge in [-0.15, -0.1) is 0 Å². The first kappa shape index (κ1) is 13.5. The normalized spacial score (nSPS) is 11.8. The minimum absolute atomic E-state index is 0.526. The molecule has 0 aliphatic carbocycles. The van der Waals surface area contributed by atoms with Crippen LogP contribution in [-0.4, -0.2) is 17.0 Å². The topological polar surface area (TPSA) is 29.3 Å². The van der Waals surface area contributed by atoms with Crippen molar-refractivity contribution < 1.29 is 0 Å². The average molecular weight is 285 g/mol. The number of hydrogen-bond donors (Lipinski definition) is 1. The largest absolute Gasteiger partial charge is 0.398 e. The van der Waals surface area contributed by atoms with E-state index in [4.69, 9.17) is 5.73 Å². The van der Waals surface area contributed by atoms with Gasteiger partial charge in [0.1, 0.15) is 0 Å². The van der Waals surface area contributed by atoms with E-state index in [0.29, 0.717) is 12.1 Å². The zero-order chi connectivity index (χ0) is 12.3. The number of rotatable bonds is 4. The number of nitrogen functional groups attached to an aromatic ring is 1. The van der Waals surface area contributed by atoms with E-state index >= 15 is 0 Å². The molecule has 0 unspecified atom stereocenters. The number of anilines is 1. The molecular weight excluding hydrogens is 264 g/mol. The number of halogens is 1.